The van der Waals surface area contributed by atoms with Crippen molar-refractivity contribution < 1.29 is 0 Å². The Bertz CT molecular complexity index is 537. The third kappa shape index (κ3) is 2.00. The van der Waals surface area contributed by atoms with Crippen LogP contribution >= 0.6 is 0 Å². The fraction of sp³-hybridized carbons (Fsp3) is 0.294. The lowest BCUT2D eigenvalue weighted by molar-refractivity contribution is 0.686. The van der Waals surface area contributed by atoms with E-state index in [9.17, 15) is 0 Å². The van der Waals surface area contributed by atoms with Crippen molar-refractivity contribution in [3.63, 3.8) is 0 Å². The fourth-order valence-corrected chi connectivity index (χ4v) is 2.80. The van der Waals surface area contributed by atoms with E-state index in [1.54, 1.807) is 11.1 Å². The molecule has 17 heavy (non-hydrogen) atoms. The monoisotopic (exact) mass is 222 g/mol. The van der Waals surface area contributed by atoms with Gasteiger partial charge in [-0.25, -0.2) is 0 Å². The molecule has 0 saturated carbocycles. The second kappa shape index (κ2) is 4.37. The molecule has 0 atom stereocenters. The largest absolute Gasteiger partial charge is 0.0620 e. The van der Waals surface area contributed by atoms with Crippen LogP contribution in [0.5, 0.6) is 0 Å². The molecule has 3 rings (SSSR count). The molecule has 0 unspecified atom stereocenters. The first-order valence-electron chi connectivity index (χ1n) is 6.52. The molecule has 0 aliphatic heterocycles. The van der Waals surface area contributed by atoms with Crippen molar-refractivity contribution in [2.75, 3.05) is 0 Å². The molecule has 0 spiro atoms. The summed E-state index contributed by atoms with van der Waals surface area (Å²) in [7, 11) is 0. The molecule has 1 aliphatic rings. The van der Waals surface area contributed by atoms with E-state index in [0.29, 0.717) is 0 Å². The van der Waals surface area contributed by atoms with Crippen molar-refractivity contribution in [2.24, 2.45) is 0 Å². The highest BCUT2D eigenvalue weighted by atomic mass is 14.2. The van der Waals surface area contributed by atoms with Gasteiger partial charge in [-0.05, 0) is 60.4 Å². The highest BCUT2D eigenvalue weighted by molar-refractivity contribution is 5.68. The number of rotatable bonds is 1. The lowest BCUT2D eigenvalue weighted by atomic mass is 9.88. The summed E-state index contributed by atoms with van der Waals surface area (Å²) in [5.74, 6) is 0. The van der Waals surface area contributed by atoms with E-state index in [0.717, 1.165) is 0 Å². The Balaban J connectivity index is 2.07. The zero-order valence-corrected chi connectivity index (χ0v) is 10.4. The van der Waals surface area contributed by atoms with Gasteiger partial charge in [0.1, 0.15) is 0 Å². The van der Waals surface area contributed by atoms with Gasteiger partial charge in [0.05, 0.1) is 0 Å². The van der Waals surface area contributed by atoms with Crippen molar-refractivity contribution in [3.8, 4) is 11.1 Å². The average molecular weight is 222 g/mol. The molecule has 2 aromatic rings. The molecule has 0 nitrogen and oxygen atoms in total. The zero-order chi connectivity index (χ0) is 11.7. The number of aryl methyl sites for hydroxylation is 3. The summed E-state index contributed by atoms with van der Waals surface area (Å²) in [6, 6.07) is 15.7. The third-order valence-corrected chi connectivity index (χ3v) is 3.80. The summed E-state index contributed by atoms with van der Waals surface area (Å²) in [5, 5.41) is 0. The van der Waals surface area contributed by atoms with Crippen LogP contribution in [0.25, 0.3) is 11.1 Å². The van der Waals surface area contributed by atoms with Crippen molar-refractivity contribution >= 4 is 0 Å². The zero-order valence-electron chi connectivity index (χ0n) is 10.4. The van der Waals surface area contributed by atoms with E-state index in [1.165, 1.54) is 42.4 Å². The number of benzene rings is 2. The lowest BCUT2D eigenvalue weighted by Crippen LogP contribution is -2.02. The first-order valence-corrected chi connectivity index (χ1v) is 6.52. The van der Waals surface area contributed by atoms with Crippen LogP contribution in [-0.2, 0) is 12.8 Å². The van der Waals surface area contributed by atoms with E-state index in [-0.39, 0.29) is 0 Å². The Hall–Kier alpha value is -1.56. The predicted octanol–water partition coefficient (Wildman–Crippen LogP) is 4.54. The molecule has 0 aromatic heterocycles. The molecule has 0 heteroatoms. The molecule has 0 heterocycles. The summed E-state index contributed by atoms with van der Waals surface area (Å²) in [4.78, 5) is 0. The van der Waals surface area contributed by atoms with Crippen molar-refractivity contribution in [1.29, 1.82) is 0 Å². The molecule has 0 N–H and O–H groups in total. The fourth-order valence-electron chi connectivity index (χ4n) is 2.80. The van der Waals surface area contributed by atoms with E-state index in [4.69, 9.17) is 0 Å². The highest BCUT2D eigenvalue weighted by Gasteiger charge is 2.10. The first-order chi connectivity index (χ1) is 8.34. The molecular formula is C17H18. The summed E-state index contributed by atoms with van der Waals surface area (Å²) in [5.41, 5.74) is 7.25. The summed E-state index contributed by atoms with van der Waals surface area (Å²) < 4.78 is 0. The minimum Gasteiger partial charge on any atom is -0.0620 e. The second-order valence-corrected chi connectivity index (χ2v) is 5.01. The minimum atomic E-state index is 1.26. The standard InChI is InChI=1S/C17H18/c1-13-6-2-5-9-17(13)16-11-10-14-7-3-4-8-15(14)12-16/h2,5-6,9-12H,3-4,7-8H2,1H3. The van der Waals surface area contributed by atoms with Gasteiger partial charge in [-0.15, -0.1) is 0 Å². The van der Waals surface area contributed by atoms with E-state index in [1.807, 2.05) is 0 Å². The molecule has 0 radical (unpaired) electrons. The van der Waals surface area contributed by atoms with E-state index >= 15 is 0 Å². The second-order valence-electron chi connectivity index (χ2n) is 5.01. The summed E-state index contributed by atoms with van der Waals surface area (Å²) >= 11 is 0. The maximum Gasteiger partial charge on any atom is -0.0155 e. The van der Waals surface area contributed by atoms with Crippen LogP contribution in [0.15, 0.2) is 42.5 Å². The summed E-state index contributed by atoms with van der Waals surface area (Å²) in [6.45, 7) is 2.19. The molecule has 0 saturated heterocycles. The molecule has 86 valence electrons. The molecule has 0 fully saturated rings. The smallest absolute Gasteiger partial charge is 0.0155 e. The van der Waals surface area contributed by atoms with Crippen molar-refractivity contribution in [3.05, 3.63) is 59.2 Å². The van der Waals surface area contributed by atoms with Gasteiger partial charge in [-0.3, -0.25) is 0 Å². The van der Waals surface area contributed by atoms with Crippen LogP contribution in [0, 0.1) is 6.92 Å². The van der Waals surface area contributed by atoms with Crippen LogP contribution in [0.1, 0.15) is 29.5 Å². The maximum absolute atomic E-state index is 2.40. The first kappa shape index (κ1) is 10.6. The normalized spacial score (nSPS) is 14.4. The topological polar surface area (TPSA) is 0 Å². The van der Waals surface area contributed by atoms with E-state index < -0.39 is 0 Å². The average Bonchev–Trinajstić information content (AvgIpc) is 2.39. The Kier molecular flexibility index (Phi) is 2.72. The van der Waals surface area contributed by atoms with E-state index in [2.05, 4.69) is 49.4 Å². The molecule has 2 aromatic carbocycles. The Morgan fingerprint density at radius 3 is 2.41 bits per heavy atom. The Labute approximate surface area is 103 Å². The van der Waals surface area contributed by atoms with Gasteiger partial charge >= 0.3 is 0 Å². The van der Waals surface area contributed by atoms with Gasteiger partial charge in [-0.1, -0.05) is 42.5 Å². The third-order valence-electron chi connectivity index (χ3n) is 3.80. The van der Waals surface area contributed by atoms with Crippen LogP contribution in [0.2, 0.25) is 0 Å². The Morgan fingerprint density at radius 2 is 1.59 bits per heavy atom. The Morgan fingerprint density at radius 1 is 0.824 bits per heavy atom. The van der Waals surface area contributed by atoms with Crippen molar-refractivity contribution in [2.45, 2.75) is 32.6 Å². The van der Waals surface area contributed by atoms with Gasteiger partial charge in [0.15, 0.2) is 0 Å². The molecular weight excluding hydrogens is 204 g/mol. The quantitative estimate of drug-likeness (QED) is 0.664. The van der Waals surface area contributed by atoms with Gasteiger partial charge in [0.2, 0.25) is 0 Å². The molecule has 1 aliphatic carbocycles. The van der Waals surface area contributed by atoms with Crippen LogP contribution in [0.4, 0.5) is 0 Å². The lowest BCUT2D eigenvalue weighted by Gasteiger charge is -2.17. The minimum absolute atomic E-state index is 1.26. The van der Waals surface area contributed by atoms with Crippen molar-refractivity contribution in [1.82, 2.24) is 0 Å². The van der Waals surface area contributed by atoms with Gasteiger partial charge in [-0.2, -0.15) is 0 Å². The van der Waals surface area contributed by atoms with Crippen LogP contribution in [0.3, 0.4) is 0 Å². The predicted molar refractivity (Wildman–Crippen MR) is 73.3 cm³/mol. The molecule has 0 bridgehead atoms. The summed E-state index contributed by atoms with van der Waals surface area (Å²) in [6.07, 6.45) is 5.24. The van der Waals surface area contributed by atoms with Gasteiger partial charge in [0, 0.05) is 0 Å². The van der Waals surface area contributed by atoms with Gasteiger partial charge in [0.25, 0.3) is 0 Å². The number of hydrogen-bond donors (Lipinski definition) is 0. The number of fused-ring (bicyclic) bond motifs is 1. The van der Waals surface area contributed by atoms with Gasteiger partial charge < -0.3 is 0 Å². The SMILES string of the molecule is Cc1ccccc1-c1ccc2c(c1)CCCC2. The van der Waals surface area contributed by atoms with Crippen LogP contribution in [-0.4, -0.2) is 0 Å². The van der Waals surface area contributed by atoms with Crippen LogP contribution < -0.4 is 0 Å². The highest BCUT2D eigenvalue weighted by Crippen LogP contribution is 2.28. The molecule has 0 amide bonds. The number of hydrogen-bond acceptors (Lipinski definition) is 0. The maximum atomic E-state index is 2.40.